The van der Waals surface area contributed by atoms with E-state index >= 15 is 0 Å². The SMILES string of the molecule is CN(Cc1nsc(NC(=O)NCc2cccc(F)c2)n1)C(=O)C1Cc2ccccc2O1. The number of halogens is 1. The second-order valence-electron chi connectivity index (χ2n) is 7.07. The highest BCUT2D eigenvalue weighted by Crippen LogP contribution is 2.29. The molecule has 0 saturated carbocycles. The molecule has 1 aromatic heterocycles. The minimum absolute atomic E-state index is 0.159. The molecule has 3 amide bonds. The zero-order valence-corrected chi connectivity index (χ0v) is 17.5. The van der Waals surface area contributed by atoms with Gasteiger partial charge in [-0.3, -0.25) is 10.1 Å². The Morgan fingerprint density at radius 2 is 2.10 bits per heavy atom. The van der Waals surface area contributed by atoms with Crippen LogP contribution >= 0.6 is 11.5 Å². The van der Waals surface area contributed by atoms with E-state index < -0.39 is 12.1 Å². The summed E-state index contributed by atoms with van der Waals surface area (Å²) in [5.74, 6) is 0.626. The lowest BCUT2D eigenvalue weighted by atomic mass is 10.1. The monoisotopic (exact) mass is 441 g/mol. The van der Waals surface area contributed by atoms with Crippen molar-refractivity contribution in [2.24, 2.45) is 0 Å². The fraction of sp³-hybridized carbons (Fsp3) is 0.238. The molecule has 0 spiro atoms. The smallest absolute Gasteiger partial charge is 0.321 e. The molecule has 0 radical (unpaired) electrons. The zero-order valence-electron chi connectivity index (χ0n) is 16.7. The summed E-state index contributed by atoms with van der Waals surface area (Å²) in [7, 11) is 1.66. The molecule has 1 unspecified atom stereocenters. The highest BCUT2D eigenvalue weighted by molar-refractivity contribution is 7.09. The molecular formula is C21H20FN5O3S. The maximum absolute atomic E-state index is 13.2. The van der Waals surface area contributed by atoms with Crippen molar-refractivity contribution in [1.29, 1.82) is 0 Å². The predicted molar refractivity (Wildman–Crippen MR) is 113 cm³/mol. The maximum atomic E-state index is 13.2. The Labute approximate surface area is 182 Å². The number of benzene rings is 2. The average molecular weight is 441 g/mol. The van der Waals surface area contributed by atoms with Gasteiger partial charge in [0.1, 0.15) is 11.6 Å². The van der Waals surface area contributed by atoms with E-state index in [0.29, 0.717) is 22.9 Å². The summed E-state index contributed by atoms with van der Waals surface area (Å²) in [6.07, 6.45) is -0.0329. The number of ether oxygens (including phenoxy) is 1. The molecule has 2 heterocycles. The van der Waals surface area contributed by atoms with E-state index in [1.165, 1.54) is 17.0 Å². The van der Waals surface area contributed by atoms with E-state index in [1.807, 2.05) is 24.3 Å². The third kappa shape index (κ3) is 5.15. The van der Waals surface area contributed by atoms with Crippen LogP contribution in [0.3, 0.4) is 0 Å². The number of aromatic nitrogens is 2. The molecule has 4 rings (SSSR count). The number of likely N-dealkylation sites (N-methyl/N-ethyl adjacent to an activating group) is 1. The van der Waals surface area contributed by atoms with E-state index in [9.17, 15) is 14.0 Å². The van der Waals surface area contributed by atoms with Gasteiger partial charge in [0.2, 0.25) is 5.13 Å². The first-order chi connectivity index (χ1) is 15.0. The van der Waals surface area contributed by atoms with Crippen molar-refractivity contribution < 1.29 is 18.7 Å². The third-order valence-corrected chi connectivity index (χ3v) is 5.38. The average Bonchev–Trinajstić information content (AvgIpc) is 3.38. The number of nitrogens with zero attached hydrogens (tertiary/aromatic N) is 3. The summed E-state index contributed by atoms with van der Waals surface area (Å²) in [4.78, 5) is 30.5. The van der Waals surface area contributed by atoms with Crippen LogP contribution in [0.4, 0.5) is 14.3 Å². The van der Waals surface area contributed by atoms with Crippen molar-refractivity contribution in [3.8, 4) is 5.75 Å². The second kappa shape index (κ2) is 9.09. The fourth-order valence-corrected chi connectivity index (χ4v) is 3.77. The number of urea groups is 1. The van der Waals surface area contributed by atoms with Crippen molar-refractivity contribution in [1.82, 2.24) is 19.6 Å². The first-order valence-corrected chi connectivity index (χ1v) is 10.4. The Morgan fingerprint density at radius 3 is 2.90 bits per heavy atom. The predicted octanol–water partition coefficient (Wildman–Crippen LogP) is 2.96. The van der Waals surface area contributed by atoms with Gasteiger partial charge >= 0.3 is 6.03 Å². The summed E-state index contributed by atoms with van der Waals surface area (Å²) >= 11 is 1.02. The standard InChI is InChI=1S/C21H20FN5O3S/c1-27(19(28)17-10-14-6-2-3-8-16(14)30-17)12-18-24-21(31-26-18)25-20(29)23-11-13-5-4-7-15(22)9-13/h2-9,17H,10-12H2,1H3,(H2,23,24,25,26,29). The van der Waals surface area contributed by atoms with Crippen LogP contribution in [0.1, 0.15) is 17.0 Å². The molecule has 0 saturated heterocycles. The van der Waals surface area contributed by atoms with E-state index in [1.54, 1.807) is 19.2 Å². The molecule has 1 atom stereocenters. The Bertz CT molecular complexity index is 1080. The van der Waals surface area contributed by atoms with Crippen LogP contribution in [0.5, 0.6) is 5.75 Å². The van der Waals surface area contributed by atoms with Gasteiger partial charge in [0, 0.05) is 31.5 Å². The molecule has 2 N–H and O–H groups in total. The van der Waals surface area contributed by atoms with Gasteiger partial charge in [-0.15, -0.1) is 0 Å². The van der Waals surface area contributed by atoms with E-state index in [-0.39, 0.29) is 24.8 Å². The van der Waals surface area contributed by atoms with Gasteiger partial charge in [0.25, 0.3) is 5.91 Å². The van der Waals surface area contributed by atoms with Gasteiger partial charge in [0.05, 0.1) is 6.54 Å². The van der Waals surface area contributed by atoms with Crippen LogP contribution in [0, 0.1) is 5.82 Å². The first kappa shape index (κ1) is 20.7. The van der Waals surface area contributed by atoms with E-state index in [4.69, 9.17) is 4.74 Å². The topological polar surface area (TPSA) is 96.5 Å². The molecule has 8 nitrogen and oxygen atoms in total. The molecule has 2 aromatic carbocycles. The number of nitrogens with one attached hydrogen (secondary N) is 2. The number of hydrogen-bond acceptors (Lipinski definition) is 6. The minimum Gasteiger partial charge on any atom is -0.480 e. The first-order valence-electron chi connectivity index (χ1n) is 9.59. The van der Waals surface area contributed by atoms with Gasteiger partial charge in [-0.2, -0.15) is 4.37 Å². The number of para-hydroxylation sites is 1. The van der Waals surface area contributed by atoms with Crippen molar-refractivity contribution in [2.75, 3.05) is 12.4 Å². The zero-order chi connectivity index (χ0) is 21.8. The maximum Gasteiger partial charge on any atom is 0.321 e. The van der Waals surface area contributed by atoms with E-state index in [2.05, 4.69) is 20.0 Å². The second-order valence-corrected chi connectivity index (χ2v) is 7.82. The van der Waals surface area contributed by atoms with Crippen LogP contribution in [-0.2, 0) is 24.3 Å². The summed E-state index contributed by atoms with van der Waals surface area (Å²) in [6.45, 7) is 0.369. The van der Waals surface area contributed by atoms with E-state index in [0.717, 1.165) is 22.8 Å². The number of carbonyl (C=O) groups is 2. The lowest BCUT2D eigenvalue weighted by Gasteiger charge is -2.19. The molecule has 1 aliphatic heterocycles. The van der Waals surface area contributed by atoms with Gasteiger partial charge in [0.15, 0.2) is 11.9 Å². The molecule has 160 valence electrons. The Kier molecular flexibility index (Phi) is 6.08. The molecule has 3 aromatic rings. The quantitative estimate of drug-likeness (QED) is 0.613. The van der Waals surface area contributed by atoms with Crippen molar-refractivity contribution in [3.05, 3.63) is 71.3 Å². The molecule has 0 bridgehead atoms. The lowest BCUT2D eigenvalue weighted by Crippen LogP contribution is -2.38. The fourth-order valence-electron chi connectivity index (χ4n) is 3.20. The van der Waals surface area contributed by atoms with Crippen molar-refractivity contribution >= 4 is 28.6 Å². The molecular weight excluding hydrogens is 421 g/mol. The van der Waals surface area contributed by atoms with Gasteiger partial charge in [-0.25, -0.2) is 14.2 Å². The summed E-state index contributed by atoms with van der Waals surface area (Å²) in [6, 6.07) is 13.1. The molecule has 0 aliphatic carbocycles. The lowest BCUT2D eigenvalue weighted by molar-refractivity contribution is -0.137. The van der Waals surface area contributed by atoms with Crippen LogP contribution in [0.2, 0.25) is 0 Å². The number of hydrogen-bond donors (Lipinski definition) is 2. The summed E-state index contributed by atoms with van der Waals surface area (Å²) < 4.78 is 23.1. The summed E-state index contributed by atoms with van der Waals surface area (Å²) in [5.41, 5.74) is 1.65. The molecule has 1 aliphatic rings. The Balaban J connectivity index is 1.26. The minimum atomic E-state index is -0.563. The number of fused-ring (bicyclic) bond motifs is 1. The Hall–Kier alpha value is -3.53. The van der Waals surface area contributed by atoms with Crippen LogP contribution < -0.4 is 15.4 Å². The summed E-state index contributed by atoms with van der Waals surface area (Å²) in [5, 5.41) is 5.52. The number of amides is 3. The van der Waals surface area contributed by atoms with Crippen LogP contribution in [0.15, 0.2) is 48.5 Å². The largest absolute Gasteiger partial charge is 0.480 e. The molecule has 0 fully saturated rings. The van der Waals surface area contributed by atoms with Gasteiger partial charge in [-0.05, 0) is 29.3 Å². The van der Waals surface area contributed by atoms with Crippen molar-refractivity contribution in [2.45, 2.75) is 25.6 Å². The van der Waals surface area contributed by atoms with Gasteiger partial charge in [-0.1, -0.05) is 30.3 Å². The Morgan fingerprint density at radius 1 is 1.26 bits per heavy atom. The third-order valence-electron chi connectivity index (χ3n) is 4.71. The van der Waals surface area contributed by atoms with Gasteiger partial charge < -0.3 is 15.0 Å². The molecule has 31 heavy (non-hydrogen) atoms. The van der Waals surface area contributed by atoms with Crippen molar-refractivity contribution in [3.63, 3.8) is 0 Å². The van der Waals surface area contributed by atoms with Crippen LogP contribution in [0.25, 0.3) is 0 Å². The molecule has 10 heteroatoms. The number of anilines is 1. The normalized spacial score (nSPS) is 14.5. The highest BCUT2D eigenvalue weighted by Gasteiger charge is 2.31. The highest BCUT2D eigenvalue weighted by atomic mass is 32.1. The van der Waals surface area contributed by atoms with Crippen LogP contribution in [-0.4, -0.2) is 39.3 Å². The number of rotatable bonds is 6. The number of carbonyl (C=O) groups excluding carboxylic acids is 2.